The molecule has 7 nitrogen and oxygen atoms in total. The van der Waals surface area contributed by atoms with E-state index in [1.807, 2.05) is 0 Å². The average Bonchev–Trinajstić information content (AvgIpc) is 2.82. The van der Waals surface area contributed by atoms with Crippen LogP contribution in [0.3, 0.4) is 0 Å². The first kappa shape index (κ1) is 19.9. The van der Waals surface area contributed by atoms with Crippen LogP contribution < -0.4 is 10.5 Å². The molecule has 0 saturated heterocycles. The Kier molecular flexibility index (Phi) is 7.94. The van der Waals surface area contributed by atoms with Crippen molar-refractivity contribution in [3.63, 3.8) is 0 Å². The maximum atomic E-state index is 12.2. The van der Waals surface area contributed by atoms with Crippen LogP contribution in [0.2, 0.25) is 0 Å². The lowest BCUT2D eigenvalue weighted by Gasteiger charge is -2.07. The minimum atomic E-state index is -3.73. The number of nitrogens with two attached hydrogens (primary N) is 1. The van der Waals surface area contributed by atoms with Gasteiger partial charge in [0.15, 0.2) is 0 Å². The van der Waals surface area contributed by atoms with E-state index in [2.05, 4.69) is 9.46 Å². The van der Waals surface area contributed by atoms with E-state index in [9.17, 15) is 13.2 Å². The van der Waals surface area contributed by atoms with Crippen LogP contribution in [-0.2, 0) is 21.2 Å². The first-order valence-electron chi connectivity index (χ1n) is 6.28. The third-order valence-electron chi connectivity index (χ3n) is 2.66. The number of carbonyl (C=O) groups excluding carboxylic acids is 1. The van der Waals surface area contributed by atoms with E-state index < -0.39 is 16.0 Å². The van der Waals surface area contributed by atoms with E-state index in [4.69, 9.17) is 10.2 Å². The van der Waals surface area contributed by atoms with Gasteiger partial charge in [-0.1, -0.05) is 6.92 Å². The first-order valence-corrected chi connectivity index (χ1v) is 7.76. The fourth-order valence-electron chi connectivity index (χ4n) is 1.59. The second-order valence-electron chi connectivity index (χ2n) is 4.41. The number of halogens is 1. The van der Waals surface area contributed by atoms with E-state index in [1.165, 1.54) is 13.2 Å². The maximum Gasteiger partial charge on any atom is 0.373 e. The Hall–Kier alpha value is -1.09. The molecule has 1 aromatic heterocycles. The number of methoxy groups -OCH3 is 1. The summed E-state index contributed by atoms with van der Waals surface area (Å²) in [6.45, 7) is 3.75. The zero-order chi connectivity index (χ0) is 15.3. The second kappa shape index (κ2) is 8.38. The van der Waals surface area contributed by atoms with E-state index >= 15 is 0 Å². The molecular formula is C12H21ClN2O5S. The molecule has 1 heterocycles. The number of aryl methyl sites for hydroxylation is 1. The molecule has 0 aromatic carbocycles. The second-order valence-corrected chi connectivity index (χ2v) is 6.14. The lowest BCUT2D eigenvalue weighted by atomic mass is 10.3. The summed E-state index contributed by atoms with van der Waals surface area (Å²) >= 11 is 0. The zero-order valence-corrected chi connectivity index (χ0v) is 13.8. The largest absolute Gasteiger partial charge is 0.463 e. The number of hydrogen-bond donors (Lipinski definition) is 2. The van der Waals surface area contributed by atoms with Gasteiger partial charge in [0.25, 0.3) is 0 Å². The van der Waals surface area contributed by atoms with Crippen LogP contribution in [0, 0.1) is 0 Å². The number of furan rings is 1. The normalized spacial score (nSPS) is 12.6. The Balaban J connectivity index is 0.00000400. The van der Waals surface area contributed by atoms with Gasteiger partial charge in [0, 0.05) is 25.1 Å². The van der Waals surface area contributed by atoms with E-state index in [0.717, 1.165) is 0 Å². The molecule has 122 valence electrons. The molecular weight excluding hydrogens is 320 g/mol. The van der Waals surface area contributed by atoms with Crippen LogP contribution in [0.1, 0.15) is 36.6 Å². The molecule has 1 rings (SSSR count). The van der Waals surface area contributed by atoms with Gasteiger partial charge < -0.3 is 14.9 Å². The van der Waals surface area contributed by atoms with E-state index in [-0.39, 0.29) is 41.4 Å². The number of rotatable bonds is 7. The van der Waals surface area contributed by atoms with Gasteiger partial charge in [-0.3, -0.25) is 0 Å². The molecule has 0 radical (unpaired) electrons. The van der Waals surface area contributed by atoms with Crippen molar-refractivity contribution in [1.29, 1.82) is 0 Å². The number of hydrogen-bond acceptors (Lipinski definition) is 6. The summed E-state index contributed by atoms with van der Waals surface area (Å²) in [5, 5.41) is 0. The first-order chi connectivity index (χ1) is 9.31. The highest BCUT2D eigenvalue weighted by atomic mass is 35.5. The van der Waals surface area contributed by atoms with Gasteiger partial charge in [-0.25, -0.2) is 17.9 Å². The Morgan fingerprint density at radius 3 is 2.62 bits per heavy atom. The Bertz CT molecular complexity index is 568. The molecule has 1 aromatic rings. The lowest BCUT2D eigenvalue weighted by molar-refractivity contribution is 0.0563. The SMILES string of the molecule is CCc1oc(C(=O)OC)cc1S(=O)(=O)NCCC(C)N.Cl. The van der Waals surface area contributed by atoms with Crippen molar-refractivity contribution >= 4 is 28.4 Å². The molecule has 0 aliphatic carbocycles. The number of ether oxygens (including phenoxy) is 1. The van der Waals surface area contributed by atoms with Crippen LogP contribution >= 0.6 is 12.4 Å². The summed E-state index contributed by atoms with van der Waals surface area (Å²) in [5.41, 5.74) is 5.56. The monoisotopic (exact) mass is 340 g/mol. The topological polar surface area (TPSA) is 112 Å². The fourth-order valence-corrected chi connectivity index (χ4v) is 2.88. The molecule has 0 fully saturated rings. The van der Waals surface area contributed by atoms with Crippen LogP contribution in [0.5, 0.6) is 0 Å². The quantitative estimate of drug-likeness (QED) is 0.718. The highest BCUT2D eigenvalue weighted by Gasteiger charge is 2.25. The predicted molar refractivity (Wildman–Crippen MR) is 80.1 cm³/mol. The molecule has 9 heteroatoms. The van der Waals surface area contributed by atoms with Crippen LogP contribution in [0.4, 0.5) is 0 Å². The smallest absolute Gasteiger partial charge is 0.373 e. The third-order valence-corrected chi connectivity index (χ3v) is 4.17. The third kappa shape index (κ3) is 5.31. The minimum absolute atomic E-state index is 0. The lowest BCUT2D eigenvalue weighted by Crippen LogP contribution is -2.29. The fraction of sp³-hybridized carbons (Fsp3) is 0.583. The van der Waals surface area contributed by atoms with Crippen molar-refractivity contribution in [1.82, 2.24) is 4.72 Å². The molecule has 0 aliphatic heterocycles. The molecule has 1 unspecified atom stereocenters. The van der Waals surface area contributed by atoms with Crippen molar-refractivity contribution in [2.75, 3.05) is 13.7 Å². The highest BCUT2D eigenvalue weighted by Crippen LogP contribution is 2.22. The van der Waals surface area contributed by atoms with E-state index in [0.29, 0.717) is 12.8 Å². The van der Waals surface area contributed by atoms with Crippen LogP contribution in [0.15, 0.2) is 15.4 Å². The summed E-state index contributed by atoms with van der Waals surface area (Å²) in [7, 11) is -2.53. The molecule has 0 amide bonds. The molecule has 0 aliphatic rings. The van der Waals surface area contributed by atoms with Gasteiger partial charge in [-0.15, -0.1) is 12.4 Å². The van der Waals surface area contributed by atoms with Gasteiger partial charge in [-0.2, -0.15) is 0 Å². The number of sulfonamides is 1. The van der Waals surface area contributed by atoms with Crippen molar-refractivity contribution in [2.24, 2.45) is 5.73 Å². The maximum absolute atomic E-state index is 12.2. The molecule has 3 N–H and O–H groups in total. The van der Waals surface area contributed by atoms with Crippen molar-refractivity contribution in [2.45, 2.75) is 37.6 Å². The number of esters is 1. The van der Waals surface area contributed by atoms with Gasteiger partial charge in [0.1, 0.15) is 10.7 Å². The van der Waals surface area contributed by atoms with Crippen LogP contribution in [0.25, 0.3) is 0 Å². The van der Waals surface area contributed by atoms with Crippen LogP contribution in [-0.4, -0.2) is 34.1 Å². The van der Waals surface area contributed by atoms with Gasteiger partial charge >= 0.3 is 5.97 Å². The summed E-state index contributed by atoms with van der Waals surface area (Å²) < 4.78 is 36.5. The highest BCUT2D eigenvalue weighted by molar-refractivity contribution is 7.89. The van der Waals surface area contributed by atoms with Gasteiger partial charge in [-0.05, 0) is 13.3 Å². The molecule has 21 heavy (non-hydrogen) atoms. The Labute approximate surface area is 130 Å². The van der Waals surface area contributed by atoms with Crippen molar-refractivity contribution < 1.29 is 22.4 Å². The van der Waals surface area contributed by atoms with E-state index in [1.54, 1.807) is 13.8 Å². The summed E-state index contributed by atoms with van der Waals surface area (Å²) in [6.07, 6.45) is 0.864. The Morgan fingerprint density at radius 2 is 2.14 bits per heavy atom. The molecule has 1 atom stereocenters. The van der Waals surface area contributed by atoms with Crippen molar-refractivity contribution in [3.05, 3.63) is 17.6 Å². The average molecular weight is 341 g/mol. The number of nitrogens with one attached hydrogen (secondary N) is 1. The standard InChI is InChI=1S/C12H20N2O5S.ClH/c1-4-9-11(7-10(19-9)12(15)18-3)20(16,17)14-6-5-8(2)13;/h7-8,14H,4-6,13H2,1-3H3;1H. The Morgan fingerprint density at radius 1 is 1.52 bits per heavy atom. The predicted octanol–water partition coefficient (Wildman–Crippen LogP) is 1.07. The minimum Gasteiger partial charge on any atom is -0.463 e. The molecule has 0 bridgehead atoms. The van der Waals surface area contributed by atoms with Gasteiger partial charge in [0.05, 0.1) is 7.11 Å². The molecule has 0 saturated carbocycles. The summed E-state index contributed by atoms with van der Waals surface area (Å²) in [6, 6.07) is 1.08. The zero-order valence-electron chi connectivity index (χ0n) is 12.2. The summed E-state index contributed by atoms with van der Waals surface area (Å²) in [4.78, 5) is 11.3. The summed E-state index contributed by atoms with van der Waals surface area (Å²) in [5.74, 6) is -0.618. The molecule has 0 spiro atoms. The van der Waals surface area contributed by atoms with Crippen molar-refractivity contribution in [3.8, 4) is 0 Å². The number of carbonyl (C=O) groups is 1. The van der Waals surface area contributed by atoms with Gasteiger partial charge in [0.2, 0.25) is 15.8 Å².